The van der Waals surface area contributed by atoms with Gasteiger partial charge in [-0.15, -0.1) is 0 Å². The van der Waals surface area contributed by atoms with E-state index < -0.39 is 10.0 Å². The van der Waals surface area contributed by atoms with E-state index in [0.29, 0.717) is 17.2 Å². The number of rotatable bonds is 7. The Kier molecular flexibility index (Phi) is 5.73. The molecule has 0 aliphatic carbocycles. The Morgan fingerprint density at radius 3 is 2.35 bits per heavy atom. The Morgan fingerprint density at radius 2 is 1.65 bits per heavy atom. The van der Waals surface area contributed by atoms with E-state index in [2.05, 4.69) is 20.1 Å². The van der Waals surface area contributed by atoms with Crippen LogP contribution in [0.4, 0.5) is 17.2 Å². The lowest BCUT2D eigenvalue weighted by Gasteiger charge is -2.12. The van der Waals surface area contributed by atoms with Crippen molar-refractivity contribution in [3.63, 3.8) is 0 Å². The average molecular weight is 467 g/mol. The van der Waals surface area contributed by atoms with Gasteiger partial charge in [0.05, 0.1) is 16.3 Å². The summed E-state index contributed by atoms with van der Waals surface area (Å²) >= 11 is 0. The van der Waals surface area contributed by atoms with Gasteiger partial charge in [0.15, 0.2) is 12.9 Å². The van der Waals surface area contributed by atoms with Crippen molar-refractivity contribution in [2.75, 3.05) is 10.0 Å². The standard InChI is InChI=1S/C24H20BN6O2S/c1-25-21-16-27-31-23(15-22(29-24(21)31)17-5-3-2-4-6-17)28-18-7-9-20(10-8-18)34(32,33)30-19-11-13-26-14-12-19/h2-16,28H,1H3,(H,26,30). The molecule has 2 aromatic carbocycles. The van der Waals surface area contributed by atoms with E-state index in [4.69, 9.17) is 4.98 Å². The molecule has 0 saturated carbocycles. The van der Waals surface area contributed by atoms with Crippen LogP contribution in [0.2, 0.25) is 6.82 Å². The van der Waals surface area contributed by atoms with Gasteiger partial charge in [-0.25, -0.2) is 13.4 Å². The lowest BCUT2D eigenvalue weighted by Crippen LogP contribution is -2.13. The molecule has 0 amide bonds. The van der Waals surface area contributed by atoms with E-state index in [1.807, 2.05) is 50.5 Å². The van der Waals surface area contributed by atoms with Crippen molar-refractivity contribution < 1.29 is 8.42 Å². The molecule has 3 aromatic heterocycles. The number of nitrogens with zero attached hydrogens (tertiary/aromatic N) is 4. The van der Waals surface area contributed by atoms with Crippen LogP contribution in [0.15, 0.2) is 96.3 Å². The first kappa shape index (κ1) is 21.7. The predicted molar refractivity (Wildman–Crippen MR) is 134 cm³/mol. The number of benzene rings is 2. The van der Waals surface area contributed by atoms with Crippen LogP contribution in [-0.2, 0) is 10.0 Å². The third-order valence-electron chi connectivity index (χ3n) is 5.25. The molecule has 10 heteroatoms. The highest BCUT2D eigenvalue weighted by molar-refractivity contribution is 7.92. The van der Waals surface area contributed by atoms with Gasteiger partial charge in [0.1, 0.15) is 5.82 Å². The summed E-state index contributed by atoms with van der Waals surface area (Å²) < 4.78 is 29.7. The highest BCUT2D eigenvalue weighted by Crippen LogP contribution is 2.25. The van der Waals surface area contributed by atoms with Gasteiger partial charge in [-0.3, -0.25) is 9.71 Å². The van der Waals surface area contributed by atoms with Gasteiger partial charge >= 0.3 is 0 Å². The predicted octanol–water partition coefficient (Wildman–Crippen LogP) is 3.71. The van der Waals surface area contributed by atoms with Crippen LogP contribution in [0, 0.1) is 0 Å². The molecular weight excluding hydrogens is 447 g/mol. The second kappa shape index (κ2) is 8.99. The summed E-state index contributed by atoms with van der Waals surface area (Å²) in [5.41, 5.74) is 4.61. The van der Waals surface area contributed by atoms with Crippen LogP contribution in [0.25, 0.3) is 16.9 Å². The fraction of sp³-hybridized carbons (Fsp3) is 0.0417. The maximum Gasteiger partial charge on any atom is 0.261 e. The molecule has 0 saturated heterocycles. The second-order valence-electron chi connectivity index (χ2n) is 7.51. The Morgan fingerprint density at radius 1 is 0.912 bits per heavy atom. The molecule has 5 rings (SSSR count). The molecule has 5 aromatic rings. The number of fused-ring (bicyclic) bond motifs is 1. The van der Waals surface area contributed by atoms with Crippen LogP contribution in [0.1, 0.15) is 0 Å². The maximum absolute atomic E-state index is 12.7. The van der Waals surface area contributed by atoms with Crippen LogP contribution in [0.5, 0.6) is 0 Å². The minimum atomic E-state index is -3.72. The molecule has 0 bridgehead atoms. The number of aromatic nitrogens is 4. The number of hydrogen-bond donors (Lipinski definition) is 2. The highest BCUT2D eigenvalue weighted by atomic mass is 32.2. The molecular formula is C24H20BN6O2S. The van der Waals surface area contributed by atoms with Crippen molar-refractivity contribution in [1.82, 2.24) is 19.6 Å². The first-order valence-corrected chi connectivity index (χ1v) is 12.1. The van der Waals surface area contributed by atoms with E-state index in [0.717, 1.165) is 22.4 Å². The van der Waals surface area contributed by atoms with Gasteiger partial charge in [-0.1, -0.05) is 37.2 Å². The van der Waals surface area contributed by atoms with Crippen LogP contribution >= 0.6 is 0 Å². The van der Waals surface area contributed by atoms with Crippen molar-refractivity contribution in [2.45, 2.75) is 11.7 Å². The maximum atomic E-state index is 12.7. The van der Waals surface area contributed by atoms with Gasteiger partial charge in [0, 0.05) is 35.9 Å². The summed E-state index contributed by atoms with van der Waals surface area (Å²) in [6.45, 7) is 1.94. The van der Waals surface area contributed by atoms with Crippen molar-refractivity contribution in [3.05, 3.63) is 91.4 Å². The third kappa shape index (κ3) is 4.35. The number of pyridine rings is 1. The first-order chi connectivity index (χ1) is 16.5. The van der Waals surface area contributed by atoms with Crippen molar-refractivity contribution in [3.8, 4) is 11.3 Å². The zero-order chi connectivity index (χ0) is 23.5. The summed E-state index contributed by atoms with van der Waals surface area (Å²) in [6, 6.07) is 21.6. The van der Waals surface area contributed by atoms with Gasteiger partial charge in [-0.05, 0) is 41.9 Å². The molecule has 167 valence electrons. The minimum Gasteiger partial charge on any atom is -0.340 e. The van der Waals surface area contributed by atoms with E-state index >= 15 is 0 Å². The minimum absolute atomic E-state index is 0.154. The van der Waals surface area contributed by atoms with Gasteiger partial charge in [0.25, 0.3) is 10.0 Å². The molecule has 3 heterocycles. The van der Waals surface area contributed by atoms with E-state index in [-0.39, 0.29) is 4.90 Å². The first-order valence-electron chi connectivity index (χ1n) is 10.6. The van der Waals surface area contributed by atoms with Crippen LogP contribution in [0.3, 0.4) is 0 Å². The molecule has 34 heavy (non-hydrogen) atoms. The molecule has 0 unspecified atom stereocenters. The zero-order valence-electron chi connectivity index (χ0n) is 18.3. The Labute approximate surface area is 198 Å². The molecule has 0 spiro atoms. The van der Waals surface area contributed by atoms with E-state index in [1.54, 1.807) is 47.1 Å². The molecule has 2 N–H and O–H groups in total. The number of nitrogens with one attached hydrogen (secondary N) is 2. The molecule has 0 fully saturated rings. The smallest absolute Gasteiger partial charge is 0.261 e. The molecule has 0 atom stereocenters. The molecule has 0 aliphatic heterocycles. The monoisotopic (exact) mass is 467 g/mol. The lowest BCUT2D eigenvalue weighted by atomic mass is 9.75. The lowest BCUT2D eigenvalue weighted by molar-refractivity contribution is 0.601. The summed E-state index contributed by atoms with van der Waals surface area (Å²) in [4.78, 5) is 8.85. The SMILES string of the molecule is C[B]c1cnn2c(Nc3ccc(S(=O)(=O)Nc4ccncc4)cc3)cc(-c3ccccc3)nc12. The average Bonchev–Trinajstić information content (AvgIpc) is 3.29. The van der Waals surface area contributed by atoms with E-state index in [1.165, 1.54) is 12.4 Å². The number of sulfonamides is 1. The van der Waals surface area contributed by atoms with Crippen molar-refractivity contribution in [1.29, 1.82) is 0 Å². The van der Waals surface area contributed by atoms with Gasteiger partial charge < -0.3 is 5.32 Å². The quantitative estimate of drug-likeness (QED) is 0.354. The van der Waals surface area contributed by atoms with Crippen molar-refractivity contribution >= 4 is 45.6 Å². The zero-order valence-corrected chi connectivity index (χ0v) is 19.1. The van der Waals surface area contributed by atoms with Gasteiger partial charge in [-0.2, -0.15) is 9.61 Å². The Hall–Kier alpha value is -4.18. The number of hydrogen-bond acceptors (Lipinski definition) is 6. The summed E-state index contributed by atoms with van der Waals surface area (Å²) in [5.74, 6) is 0.711. The van der Waals surface area contributed by atoms with Crippen LogP contribution in [-0.4, -0.2) is 35.3 Å². The van der Waals surface area contributed by atoms with Crippen LogP contribution < -0.4 is 15.5 Å². The fourth-order valence-corrected chi connectivity index (χ4v) is 4.59. The third-order valence-corrected chi connectivity index (χ3v) is 6.65. The number of anilines is 3. The Bertz CT molecular complexity index is 1540. The van der Waals surface area contributed by atoms with E-state index in [9.17, 15) is 8.42 Å². The normalized spacial score (nSPS) is 11.3. The topological polar surface area (TPSA) is 101 Å². The Balaban J connectivity index is 1.47. The molecule has 1 radical (unpaired) electrons. The molecule has 0 aliphatic rings. The molecule has 8 nitrogen and oxygen atoms in total. The fourth-order valence-electron chi connectivity index (χ4n) is 3.53. The van der Waals surface area contributed by atoms with Gasteiger partial charge in [0.2, 0.25) is 0 Å². The second-order valence-corrected chi connectivity index (χ2v) is 9.19. The summed E-state index contributed by atoms with van der Waals surface area (Å²) in [7, 11) is -1.76. The summed E-state index contributed by atoms with van der Waals surface area (Å²) in [6.07, 6.45) is 4.82. The van der Waals surface area contributed by atoms with Crippen molar-refractivity contribution in [2.24, 2.45) is 0 Å². The highest BCUT2D eigenvalue weighted by Gasteiger charge is 2.15. The largest absolute Gasteiger partial charge is 0.340 e. The summed E-state index contributed by atoms with van der Waals surface area (Å²) in [5, 5.41) is 7.82.